The first-order valence-corrected chi connectivity index (χ1v) is 10.4. The fourth-order valence-corrected chi connectivity index (χ4v) is 3.64. The predicted octanol–water partition coefficient (Wildman–Crippen LogP) is 6.08. The van der Waals surface area contributed by atoms with E-state index in [4.69, 9.17) is 9.15 Å². The zero-order valence-corrected chi connectivity index (χ0v) is 18.2. The monoisotopic (exact) mass is 456 g/mol. The SMILES string of the molecule is COc1ccc(CN(C)CCc2ccccn2)c2cc(-c3ccc(OC(F)(F)F)cc3)oc12. The van der Waals surface area contributed by atoms with E-state index < -0.39 is 6.36 Å². The molecule has 0 spiro atoms. The molecule has 0 unspecified atom stereocenters. The summed E-state index contributed by atoms with van der Waals surface area (Å²) in [6.45, 7) is 1.51. The van der Waals surface area contributed by atoms with Crippen LogP contribution >= 0.6 is 0 Å². The molecule has 0 amide bonds. The lowest BCUT2D eigenvalue weighted by atomic mass is 10.1. The highest BCUT2D eigenvalue weighted by Crippen LogP contribution is 2.36. The molecule has 0 fully saturated rings. The Morgan fingerprint density at radius 3 is 2.48 bits per heavy atom. The fourth-order valence-electron chi connectivity index (χ4n) is 3.64. The van der Waals surface area contributed by atoms with Crippen LogP contribution in [0.1, 0.15) is 11.3 Å². The van der Waals surface area contributed by atoms with Crippen LogP contribution in [0.4, 0.5) is 13.2 Å². The molecule has 0 bridgehead atoms. The van der Waals surface area contributed by atoms with Gasteiger partial charge in [0.1, 0.15) is 11.5 Å². The second-order valence-corrected chi connectivity index (χ2v) is 7.66. The van der Waals surface area contributed by atoms with Crippen LogP contribution in [0.2, 0.25) is 0 Å². The number of halogens is 3. The van der Waals surface area contributed by atoms with Crippen LogP contribution in [0, 0.1) is 0 Å². The smallest absolute Gasteiger partial charge is 0.493 e. The van der Waals surface area contributed by atoms with Crippen molar-refractivity contribution in [1.29, 1.82) is 0 Å². The van der Waals surface area contributed by atoms with Gasteiger partial charge in [-0.3, -0.25) is 4.98 Å². The van der Waals surface area contributed by atoms with Crippen molar-refractivity contribution in [1.82, 2.24) is 9.88 Å². The van der Waals surface area contributed by atoms with Crippen molar-refractivity contribution in [3.63, 3.8) is 0 Å². The van der Waals surface area contributed by atoms with Crippen LogP contribution in [0.3, 0.4) is 0 Å². The van der Waals surface area contributed by atoms with Crippen molar-refractivity contribution >= 4 is 11.0 Å². The van der Waals surface area contributed by atoms with Crippen molar-refractivity contribution in [2.45, 2.75) is 19.3 Å². The maximum absolute atomic E-state index is 12.4. The maximum Gasteiger partial charge on any atom is 0.573 e. The Labute approximate surface area is 189 Å². The first kappa shape index (κ1) is 22.7. The van der Waals surface area contributed by atoms with Gasteiger partial charge in [-0.25, -0.2) is 0 Å². The Bertz CT molecular complexity index is 1210. The zero-order valence-electron chi connectivity index (χ0n) is 18.2. The molecule has 33 heavy (non-hydrogen) atoms. The number of hydrogen-bond donors (Lipinski definition) is 0. The van der Waals surface area contributed by atoms with Crippen LogP contribution in [0.5, 0.6) is 11.5 Å². The number of hydrogen-bond acceptors (Lipinski definition) is 5. The molecule has 0 aliphatic carbocycles. The number of nitrogens with zero attached hydrogens (tertiary/aromatic N) is 2. The van der Waals surface area contributed by atoms with Gasteiger partial charge in [0, 0.05) is 42.4 Å². The average Bonchev–Trinajstić information content (AvgIpc) is 3.24. The largest absolute Gasteiger partial charge is 0.573 e. The topological polar surface area (TPSA) is 47.7 Å². The van der Waals surface area contributed by atoms with E-state index >= 15 is 0 Å². The van der Waals surface area contributed by atoms with E-state index in [1.807, 2.05) is 43.4 Å². The van der Waals surface area contributed by atoms with Crippen molar-refractivity contribution < 1.29 is 27.1 Å². The van der Waals surface area contributed by atoms with Gasteiger partial charge in [-0.15, -0.1) is 13.2 Å². The first-order valence-electron chi connectivity index (χ1n) is 10.4. The third kappa shape index (κ3) is 5.64. The average molecular weight is 456 g/mol. The Balaban J connectivity index is 1.56. The molecular weight excluding hydrogens is 433 g/mol. The van der Waals surface area contributed by atoms with Crippen molar-refractivity contribution in [3.05, 3.63) is 78.1 Å². The van der Waals surface area contributed by atoms with Gasteiger partial charge in [0.15, 0.2) is 11.3 Å². The minimum Gasteiger partial charge on any atom is -0.493 e. The summed E-state index contributed by atoms with van der Waals surface area (Å²) in [5.41, 5.74) is 3.32. The highest BCUT2D eigenvalue weighted by molar-refractivity contribution is 5.90. The highest BCUT2D eigenvalue weighted by Gasteiger charge is 2.31. The minimum absolute atomic E-state index is 0.282. The molecule has 8 heteroatoms. The third-order valence-corrected chi connectivity index (χ3v) is 5.25. The molecule has 0 aliphatic heterocycles. The molecule has 5 nitrogen and oxygen atoms in total. The molecule has 2 aromatic heterocycles. The molecule has 0 aliphatic rings. The van der Waals surface area contributed by atoms with Crippen LogP contribution in [0.15, 0.2) is 71.3 Å². The van der Waals surface area contributed by atoms with Gasteiger partial charge < -0.3 is 18.8 Å². The summed E-state index contributed by atoms with van der Waals surface area (Å²) in [5, 5.41) is 0.893. The van der Waals surface area contributed by atoms with Crippen molar-refractivity contribution in [3.8, 4) is 22.8 Å². The minimum atomic E-state index is -4.73. The van der Waals surface area contributed by atoms with E-state index in [9.17, 15) is 13.2 Å². The van der Waals surface area contributed by atoms with Gasteiger partial charge in [0.05, 0.1) is 7.11 Å². The number of rotatable bonds is 8. The predicted molar refractivity (Wildman–Crippen MR) is 119 cm³/mol. The van der Waals surface area contributed by atoms with Gasteiger partial charge in [-0.1, -0.05) is 12.1 Å². The second kappa shape index (κ2) is 9.54. The number of likely N-dealkylation sites (N-methyl/N-ethyl adjacent to an activating group) is 1. The van der Waals surface area contributed by atoms with Gasteiger partial charge >= 0.3 is 6.36 Å². The van der Waals surface area contributed by atoms with Gasteiger partial charge in [-0.05, 0) is 61.1 Å². The van der Waals surface area contributed by atoms with E-state index in [-0.39, 0.29) is 5.75 Å². The number of fused-ring (bicyclic) bond motifs is 1. The quantitative estimate of drug-likeness (QED) is 0.322. The maximum atomic E-state index is 12.4. The summed E-state index contributed by atoms with van der Waals surface area (Å²) in [7, 11) is 3.61. The lowest BCUT2D eigenvalue weighted by molar-refractivity contribution is -0.274. The third-order valence-electron chi connectivity index (χ3n) is 5.25. The highest BCUT2D eigenvalue weighted by atomic mass is 19.4. The lowest BCUT2D eigenvalue weighted by Crippen LogP contribution is -2.21. The summed E-state index contributed by atoms with van der Waals surface area (Å²) >= 11 is 0. The number of ether oxygens (including phenoxy) is 2. The van der Waals surface area contributed by atoms with E-state index in [0.29, 0.717) is 29.2 Å². The molecular formula is C25H23F3N2O3. The van der Waals surface area contributed by atoms with Crippen LogP contribution in [0.25, 0.3) is 22.3 Å². The Hall–Kier alpha value is -3.52. The summed E-state index contributed by atoms with van der Waals surface area (Å²) in [5.74, 6) is 0.841. The van der Waals surface area contributed by atoms with Crippen LogP contribution in [-0.4, -0.2) is 36.9 Å². The molecule has 4 rings (SSSR count). The summed E-state index contributed by atoms with van der Waals surface area (Å²) in [4.78, 5) is 6.56. The molecule has 0 radical (unpaired) electrons. The lowest BCUT2D eigenvalue weighted by Gasteiger charge is -2.17. The van der Waals surface area contributed by atoms with E-state index in [1.54, 1.807) is 13.3 Å². The van der Waals surface area contributed by atoms with E-state index in [2.05, 4.69) is 14.6 Å². The molecule has 0 saturated carbocycles. The Morgan fingerprint density at radius 2 is 1.82 bits per heavy atom. The molecule has 0 atom stereocenters. The first-order chi connectivity index (χ1) is 15.8. The summed E-state index contributed by atoms with van der Waals surface area (Å²) in [6, 6.07) is 17.2. The summed E-state index contributed by atoms with van der Waals surface area (Å²) in [6.07, 6.45) is -2.11. The Morgan fingerprint density at radius 1 is 1.03 bits per heavy atom. The van der Waals surface area contributed by atoms with Gasteiger partial charge in [0.25, 0.3) is 0 Å². The standard InChI is InChI=1S/C25H23F3N2O3/c1-30(14-12-19-5-3-4-13-29-19)16-18-8-11-22(31-2)24-21(18)15-23(32-24)17-6-9-20(10-7-17)33-25(26,27)28/h3-11,13,15H,12,14,16H2,1-2H3. The Kier molecular flexibility index (Phi) is 6.55. The number of aromatic nitrogens is 1. The number of alkyl halides is 3. The molecule has 0 saturated heterocycles. The number of furan rings is 1. The van der Waals surface area contributed by atoms with Crippen molar-refractivity contribution in [2.24, 2.45) is 0 Å². The molecule has 2 aromatic carbocycles. The second-order valence-electron chi connectivity index (χ2n) is 7.66. The normalized spacial score (nSPS) is 11.8. The van der Waals surface area contributed by atoms with E-state index in [0.717, 1.165) is 29.6 Å². The van der Waals surface area contributed by atoms with Crippen LogP contribution in [-0.2, 0) is 13.0 Å². The van der Waals surface area contributed by atoms with Crippen molar-refractivity contribution in [2.75, 3.05) is 20.7 Å². The van der Waals surface area contributed by atoms with Gasteiger partial charge in [-0.2, -0.15) is 0 Å². The molecule has 172 valence electrons. The fraction of sp³-hybridized carbons (Fsp3) is 0.240. The number of pyridine rings is 1. The number of benzene rings is 2. The molecule has 0 N–H and O–H groups in total. The van der Waals surface area contributed by atoms with Crippen LogP contribution < -0.4 is 9.47 Å². The summed E-state index contributed by atoms with van der Waals surface area (Å²) < 4.78 is 52.7. The van der Waals surface area contributed by atoms with E-state index in [1.165, 1.54) is 24.3 Å². The molecule has 2 heterocycles. The van der Waals surface area contributed by atoms with Gasteiger partial charge in [0.2, 0.25) is 0 Å². The molecule has 4 aromatic rings. The number of methoxy groups -OCH3 is 1. The zero-order chi connectivity index (χ0) is 23.4.